The van der Waals surface area contributed by atoms with Crippen molar-refractivity contribution in [2.24, 2.45) is 0 Å². The normalized spacial score (nSPS) is 14.2. The van der Waals surface area contributed by atoms with E-state index >= 15 is 0 Å². The quantitative estimate of drug-likeness (QED) is 0.596. The van der Waals surface area contributed by atoms with Crippen LogP contribution < -0.4 is 5.32 Å². The molecule has 108 valence electrons. The molecule has 1 unspecified atom stereocenters. The molecule has 1 nitrogen and oxygen atoms in total. The van der Waals surface area contributed by atoms with Gasteiger partial charge < -0.3 is 5.32 Å². The molecule has 3 heteroatoms. The molecule has 1 atom stereocenters. The Morgan fingerprint density at radius 1 is 1.35 bits per heavy atom. The largest absolute Gasteiger partial charge is 0.382 e. The van der Waals surface area contributed by atoms with Crippen molar-refractivity contribution in [3.63, 3.8) is 0 Å². The van der Waals surface area contributed by atoms with E-state index < -0.39 is 0 Å². The molecule has 0 heterocycles. The predicted molar refractivity (Wildman–Crippen MR) is 93.2 cm³/mol. The zero-order chi connectivity index (χ0) is 15.1. The van der Waals surface area contributed by atoms with Gasteiger partial charge in [-0.05, 0) is 50.5 Å². The first-order chi connectivity index (χ1) is 9.47. The van der Waals surface area contributed by atoms with Crippen LogP contribution in [0.2, 0.25) is 11.3 Å². The molecule has 1 rings (SSSR count). The first-order valence-electron chi connectivity index (χ1n) is 7.34. The van der Waals surface area contributed by atoms with E-state index in [0.29, 0.717) is 6.04 Å². The fourth-order valence-corrected chi connectivity index (χ4v) is 2.13. The molecular formula is C17H25BClN. The van der Waals surface area contributed by atoms with Crippen LogP contribution in [-0.2, 0) is 0 Å². The minimum Gasteiger partial charge on any atom is -0.382 e. The van der Waals surface area contributed by atoms with E-state index in [2.05, 4.69) is 65.1 Å². The monoisotopic (exact) mass is 289 g/mol. The number of rotatable bonds is 6. The predicted octanol–water partition coefficient (Wildman–Crippen LogP) is 4.59. The Morgan fingerprint density at radius 2 is 2.05 bits per heavy atom. The second kappa shape index (κ2) is 8.21. The Labute approximate surface area is 129 Å². The van der Waals surface area contributed by atoms with Crippen molar-refractivity contribution in [2.45, 2.75) is 46.5 Å². The maximum atomic E-state index is 6.10. The summed E-state index contributed by atoms with van der Waals surface area (Å²) in [5.74, 6) is 0. The lowest BCUT2D eigenvalue weighted by Gasteiger charge is -2.20. The lowest BCUT2D eigenvalue weighted by atomic mass is 9.98. The zero-order valence-corrected chi connectivity index (χ0v) is 14.0. The zero-order valence-electron chi connectivity index (χ0n) is 13.3. The van der Waals surface area contributed by atoms with Crippen molar-refractivity contribution in [3.8, 4) is 0 Å². The molecule has 0 aliphatic carbocycles. The molecule has 0 aliphatic heterocycles. The molecule has 0 fully saturated rings. The van der Waals surface area contributed by atoms with Crippen molar-refractivity contribution in [1.82, 2.24) is 5.32 Å². The molecule has 20 heavy (non-hydrogen) atoms. The number of hydrogen-bond acceptors (Lipinski definition) is 1. The molecule has 1 N–H and O–H groups in total. The summed E-state index contributed by atoms with van der Waals surface area (Å²) < 4.78 is 0. The first kappa shape index (κ1) is 16.9. The number of aryl methyl sites for hydroxylation is 1. The van der Waals surface area contributed by atoms with E-state index in [4.69, 9.17) is 11.6 Å². The van der Waals surface area contributed by atoms with Crippen LogP contribution in [-0.4, -0.2) is 7.85 Å². The summed E-state index contributed by atoms with van der Waals surface area (Å²) in [5.41, 5.74) is 5.00. The van der Waals surface area contributed by atoms with Gasteiger partial charge in [-0.3, -0.25) is 0 Å². The SMILES string of the molecule is BC/C(C)=C\C=C(/C)NC(CC)c1ccc(Cl)c(C)c1. The Morgan fingerprint density at radius 3 is 2.60 bits per heavy atom. The lowest BCUT2D eigenvalue weighted by Crippen LogP contribution is -2.18. The standard InChI is InChI=1S/C17H25BClN/c1-5-17(15-8-9-16(19)13(3)10-15)20-14(4)7-6-12(2)11-18/h6-10,17,20H,5,11,18H2,1-4H3/b12-6-,14-7+. The van der Waals surface area contributed by atoms with Crippen LogP contribution in [0.1, 0.15) is 44.4 Å². The average molecular weight is 290 g/mol. The third-order valence-corrected chi connectivity index (χ3v) is 3.99. The van der Waals surface area contributed by atoms with E-state index in [1.54, 1.807) is 0 Å². The fourth-order valence-electron chi connectivity index (χ4n) is 2.01. The van der Waals surface area contributed by atoms with Gasteiger partial charge in [0.2, 0.25) is 0 Å². The van der Waals surface area contributed by atoms with Crippen LogP contribution in [0.5, 0.6) is 0 Å². The lowest BCUT2D eigenvalue weighted by molar-refractivity contribution is 0.579. The van der Waals surface area contributed by atoms with Crippen molar-refractivity contribution in [2.75, 3.05) is 0 Å². The summed E-state index contributed by atoms with van der Waals surface area (Å²) in [6, 6.07) is 6.59. The maximum absolute atomic E-state index is 6.10. The summed E-state index contributed by atoms with van der Waals surface area (Å²) >= 11 is 6.10. The minimum absolute atomic E-state index is 0.331. The molecule has 1 aromatic rings. The van der Waals surface area contributed by atoms with Crippen LogP contribution in [0.4, 0.5) is 0 Å². The Kier molecular flexibility index (Phi) is 6.94. The highest BCUT2D eigenvalue weighted by atomic mass is 35.5. The third-order valence-electron chi connectivity index (χ3n) is 3.57. The Balaban J connectivity index is 2.83. The molecule has 0 aromatic heterocycles. The van der Waals surface area contributed by atoms with Gasteiger partial charge in [0, 0.05) is 10.7 Å². The van der Waals surface area contributed by atoms with Crippen molar-refractivity contribution in [1.29, 1.82) is 0 Å². The number of nitrogens with one attached hydrogen (secondary N) is 1. The highest BCUT2D eigenvalue weighted by Crippen LogP contribution is 2.23. The van der Waals surface area contributed by atoms with Crippen LogP contribution >= 0.6 is 11.6 Å². The van der Waals surface area contributed by atoms with Crippen molar-refractivity contribution >= 4 is 19.4 Å². The smallest absolute Gasteiger partial charge is 0.106 e. The number of allylic oxidation sites excluding steroid dienone is 4. The number of benzene rings is 1. The topological polar surface area (TPSA) is 12.0 Å². The van der Waals surface area contributed by atoms with Gasteiger partial charge in [0.25, 0.3) is 0 Å². The molecule has 0 aliphatic rings. The Bertz CT molecular complexity index is 506. The first-order valence-corrected chi connectivity index (χ1v) is 7.72. The molecule has 0 amide bonds. The second-order valence-corrected chi connectivity index (χ2v) is 5.74. The molecule has 0 radical (unpaired) electrons. The van der Waals surface area contributed by atoms with Gasteiger partial charge in [0.15, 0.2) is 0 Å². The van der Waals surface area contributed by atoms with E-state index in [-0.39, 0.29) is 0 Å². The molecule has 0 saturated carbocycles. The summed E-state index contributed by atoms with van der Waals surface area (Å²) in [5, 5.41) is 4.41. The third kappa shape index (κ3) is 5.09. The van der Waals surface area contributed by atoms with Gasteiger partial charge in [0.1, 0.15) is 7.85 Å². The highest BCUT2D eigenvalue weighted by Gasteiger charge is 2.09. The van der Waals surface area contributed by atoms with Crippen LogP contribution in [0.25, 0.3) is 0 Å². The van der Waals surface area contributed by atoms with E-state index in [1.807, 2.05) is 6.07 Å². The van der Waals surface area contributed by atoms with Crippen LogP contribution in [0, 0.1) is 6.92 Å². The van der Waals surface area contributed by atoms with E-state index in [9.17, 15) is 0 Å². The van der Waals surface area contributed by atoms with Gasteiger partial charge in [-0.15, -0.1) is 0 Å². The van der Waals surface area contributed by atoms with Gasteiger partial charge >= 0.3 is 0 Å². The summed E-state index contributed by atoms with van der Waals surface area (Å²) in [6.45, 7) is 8.52. The van der Waals surface area contributed by atoms with Gasteiger partial charge in [-0.25, -0.2) is 0 Å². The molecular weight excluding hydrogens is 264 g/mol. The summed E-state index contributed by atoms with van der Waals surface area (Å²) in [7, 11) is 2.17. The summed E-state index contributed by atoms with van der Waals surface area (Å²) in [4.78, 5) is 0. The van der Waals surface area contributed by atoms with Crippen molar-refractivity contribution in [3.05, 3.63) is 57.8 Å². The summed E-state index contributed by atoms with van der Waals surface area (Å²) in [6.07, 6.45) is 6.48. The molecule has 1 aromatic carbocycles. The maximum Gasteiger partial charge on any atom is 0.106 e. The molecule has 0 spiro atoms. The Hall–Kier alpha value is -1.15. The highest BCUT2D eigenvalue weighted by molar-refractivity contribution is 6.31. The van der Waals surface area contributed by atoms with E-state index in [0.717, 1.165) is 23.3 Å². The molecule has 0 bridgehead atoms. The van der Waals surface area contributed by atoms with Crippen LogP contribution in [0.3, 0.4) is 0 Å². The van der Waals surface area contributed by atoms with Crippen LogP contribution in [0.15, 0.2) is 41.6 Å². The number of hydrogen-bond donors (Lipinski definition) is 1. The van der Waals surface area contributed by atoms with E-state index in [1.165, 1.54) is 16.8 Å². The van der Waals surface area contributed by atoms with Crippen molar-refractivity contribution < 1.29 is 0 Å². The van der Waals surface area contributed by atoms with Gasteiger partial charge in [-0.2, -0.15) is 0 Å². The molecule has 0 saturated heterocycles. The minimum atomic E-state index is 0.331. The average Bonchev–Trinajstić information content (AvgIpc) is 2.45. The number of halogens is 1. The fraction of sp³-hybridized carbons (Fsp3) is 0.412. The second-order valence-electron chi connectivity index (χ2n) is 5.33. The van der Waals surface area contributed by atoms with Gasteiger partial charge in [0.05, 0.1) is 6.04 Å². The van der Waals surface area contributed by atoms with Gasteiger partial charge in [-0.1, -0.05) is 48.6 Å².